The summed E-state index contributed by atoms with van der Waals surface area (Å²) >= 11 is 0. The number of hydrogen-bond acceptors (Lipinski definition) is 4. The first-order chi connectivity index (χ1) is 9.03. The standard InChI is InChI=1S/C13H18N2O3S/c14-9-7-12(8-9)18-11-3-5-13(6-4-11)19(16,17)15-10-1-2-10/h3-6,9-10,12,15H,1-2,7-8,14H2. The number of nitrogens with one attached hydrogen (secondary N) is 1. The van der Waals surface area contributed by atoms with Crippen molar-refractivity contribution in [1.82, 2.24) is 4.72 Å². The second-order valence-electron chi connectivity index (χ2n) is 5.34. The molecule has 2 aliphatic rings. The van der Waals surface area contributed by atoms with Crippen LogP contribution in [0.15, 0.2) is 29.2 Å². The third-order valence-corrected chi connectivity index (χ3v) is 5.00. The van der Waals surface area contributed by atoms with Gasteiger partial charge in [0.25, 0.3) is 0 Å². The molecule has 0 bridgehead atoms. The van der Waals surface area contributed by atoms with E-state index in [-0.39, 0.29) is 23.1 Å². The van der Waals surface area contributed by atoms with Crippen molar-refractivity contribution in [3.8, 4) is 5.75 Å². The molecule has 3 N–H and O–H groups in total. The fraction of sp³-hybridized carbons (Fsp3) is 0.538. The van der Waals surface area contributed by atoms with Gasteiger partial charge < -0.3 is 10.5 Å². The lowest BCUT2D eigenvalue weighted by molar-refractivity contribution is 0.101. The third kappa shape index (κ3) is 3.08. The number of nitrogens with two attached hydrogens (primary N) is 1. The van der Waals surface area contributed by atoms with Crippen molar-refractivity contribution in [2.45, 2.75) is 48.8 Å². The van der Waals surface area contributed by atoms with Gasteiger partial charge in [-0.05, 0) is 49.9 Å². The first-order valence-corrected chi connectivity index (χ1v) is 8.06. The van der Waals surface area contributed by atoms with Gasteiger partial charge in [-0.2, -0.15) is 0 Å². The first kappa shape index (κ1) is 12.9. The van der Waals surface area contributed by atoms with Crippen LogP contribution in [0.5, 0.6) is 5.75 Å². The van der Waals surface area contributed by atoms with Crippen molar-refractivity contribution in [1.29, 1.82) is 0 Å². The Hall–Kier alpha value is -1.11. The van der Waals surface area contributed by atoms with Crippen LogP contribution in [0.1, 0.15) is 25.7 Å². The molecule has 2 aliphatic carbocycles. The fourth-order valence-electron chi connectivity index (χ4n) is 2.08. The lowest BCUT2D eigenvalue weighted by Gasteiger charge is -2.32. The van der Waals surface area contributed by atoms with Gasteiger partial charge in [-0.15, -0.1) is 0 Å². The van der Waals surface area contributed by atoms with E-state index < -0.39 is 10.0 Å². The van der Waals surface area contributed by atoms with E-state index >= 15 is 0 Å². The van der Waals surface area contributed by atoms with Crippen LogP contribution in [-0.2, 0) is 10.0 Å². The van der Waals surface area contributed by atoms with Crippen LogP contribution in [-0.4, -0.2) is 26.6 Å². The van der Waals surface area contributed by atoms with Gasteiger partial charge in [0.15, 0.2) is 0 Å². The van der Waals surface area contributed by atoms with E-state index in [4.69, 9.17) is 10.5 Å². The summed E-state index contributed by atoms with van der Waals surface area (Å²) < 4.78 is 32.3. The zero-order valence-electron chi connectivity index (χ0n) is 10.6. The van der Waals surface area contributed by atoms with Gasteiger partial charge in [0.05, 0.1) is 4.90 Å². The van der Waals surface area contributed by atoms with E-state index in [0.717, 1.165) is 25.7 Å². The second-order valence-corrected chi connectivity index (χ2v) is 7.05. The van der Waals surface area contributed by atoms with Crippen LogP contribution in [0.4, 0.5) is 0 Å². The maximum Gasteiger partial charge on any atom is 0.240 e. The molecule has 0 spiro atoms. The van der Waals surface area contributed by atoms with Gasteiger partial charge in [-0.25, -0.2) is 13.1 Å². The molecule has 0 aliphatic heterocycles. The van der Waals surface area contributed by atoms with Crippen LogP contribution < -0.4 is 15.2 Å². The molecule has 6 heteroatoms. The minimum atomic E-state index is -3.37. The van der Waals surface area contributed by atoms with E-state index in [1.54, 1.807) is 24.3 Å². The lowest BCUT2D eigenvalue weighted by atomic mass is 9.90. The Balaban J connectivity index is 1.64. The van der Waals surface area contributed by atoms with Crippen LogP contribution in [0, 0.1) is 0 Å². The summed E-state index contributed by atoms with van der Waals surface area (Å²) in [6.45, 7) is 0. The highest BCUT2D eigenvalue weighted by molar-refractivity contribution is 7.89. The highest BCUT2D eigenvalue weighted by Crippen LogP contribution is 2.26. The lowest BCUT2D eigenvalue weighted by Crippen LogP contribution is -2.43. The summed E-state index contributed by atoms with van der Waals surface area (Å²) in [5.74, 6) is 0.697. The highest BCUT2D eigenvalue weighted by Gasteiger charge is 2.29. The third-order valence-electron chi connectivity index (χ3n) is 3.47. The summed E-state index contributed by atoms with van der Waals surface area (Å²) in [5, 5.41) is 0. The molecule has 19 heavy (non-hydrogen) atoms. The zero-order valence-corrected chi connectivity index (χ0v) is 11.4. The van der Waals surface area contributed by atoms with Gasteiger partial charge in [0, 0.05) is 12.1 Å². The summed E-state index contributed by atoms with van der Waals surface area (Å²) in [5.41, 5.74) is 5.69. The van der Waals surface area contributed by atoms with Crippen molar-refractivity contribution < 1.29 is 13.2 Å². The van der Waals surface area contributed by atoms with E-state index in [1.807, 2.05) is 0 Å². The number of ether oxygens (including phenoxy) is 1. The Morgan fingerprint density at radius 3 is 2.32 bits per heavy atom. The first-order valence-electron chi connectivity index (χ1n) is 6.57. The Morgan fingerprint density at radius 1 is 1.16 bits per heavy atom. The molecule has 2 fully saturated rings. The molecule has 5 nitrogen and oxygen atoms in total. The van der Waals surface area contributed by atoms with Crippen molar-refractivity contribution in [3.05, 3.63) is 24.3 Å². The molecule has 1 aromatic carbocycles. The predicted molar refractivity (Wildman–Crippen MR) is 71.4 cm³/mol. The Labute approximate surface area is 113 Å². The zero-order chi connectivity index (χ0) is 13.5. The number of hydrogen-bond donors (Lipinski definition) is 2. The Morgan fingerprint density at radius 2 is 1.79 bits per heavy atom. The molecule has 0 radical (unpaired) electrons. The van der Waals surface area contributed by atoms with E-state index in [9.17, 15) is 8.42 Å². The van der Waals surface area contributed by atoms with Crippen LogP contribution in [0.25, 0.3) is 0 Å². The number of rotatable bonds is 5. The SMILES string of the molecule is NC1CC(Oc2ccc(S(=O)(=O)NC3CC3)cc2)C1. The maximum atomic E-state index is 12.0. The molecule has 0 saturated heterocycles. The second kappa shape index (κ2) is 4.77. The van der Waals surface area contributed by atoms with Crippen LogP contribution in [0.2, 0.25) is 0 Å². The topological polar surface area (TPSA) is 81.4 Å². The predicted octanol–water partition coefficient (Wildman–Crippen LogP) is 0.996. The largest absolute Gasteiger partial charge is 0.490 e. The average Bonchev–Trinajstić information content (AvgIpc) is 3.11. The van der Waals surface area contributed by atoms with Crippen molar-refractivity contribution in [3.63, 3.8) is 0 Å². The summed E-state index contributed by atoms with van der Waals surface area (Å²) in [4.78, 5) is 0.289. The van der Waals surface area contributed by atoms with E-state index in [1.165, 1.54) is 0 Å². The molecule has 104 valence electrons. The molecule has 1 aromatic rings. The van der Waals surface area contributed by atoms with Gasteiger partial charge >= 0.3 is 0 Å². The highest BCUT2D eigenvalue weighted by atomic mass is 32.2. The smallest absolute Gasteiger partial charge is 0.240 e. The van der Waals surface area contributed by atoms with Gasteiger partial charge in [-0.3, -0.25) is 0 Å². The van der Waals surface area contributed by atoms with Crippen LogP contribution in [0.3, 0.4) is 0 Å². The number of sulfonamides is 1. The monoisotopic (exact) mass is 282 g/mol. The normalized spacial score (nSPS) is 26.8. The molecular formula is C13H18N2O3S. The summed E-state index contributed by atoms with van der Waals surface area (Å²) in [6.07, 6.45) is 3.76. The van der Waals surface area contributed by atoms with Crippen molar-refractivity contribution in [2.24, 2.45) is 5.73 Å². The van der Waals surface area contributed by atoms with E-state index in [0.29, 0.717) is 5.75 Å². The summed E-state index contributed by atoms with van der Waals surface area (Å²) in [6, 6.07) is 6.93. The van der Waals surface area contributed by atoms with Gasteiger partial charge in [-0.1, -0.05) is 0 Å². The molecule has 0 amide bonds. The number of benzene rings is 1. The minimum Gasteiger partial charge on any atom is -0.490 e. The molecule has 0 atom stereocenters. The average molecular weight is 282 g/mol. The Bertz CT molecular complexity index is 546. The molecule has 2 saturated carbocycles. The Kier molecular flexibility index (Phi) is 3.24. The molecule has 0 aromatic heterocycles. The van der Waals surface area contributed by atoms with Crippen molar-refractivity contribution >= 4 is 10.0 Å². The van der Waals surface area contributed by atoms with E-state index in [2.05, 4.69) is 4.72 Å². The quantitative estimate of drug-likeness (QED) is 0.844. The molecule has 0 heterocycles. The van der Waals surface area contributed by atoms with Crippen LogP contribution >= 0.6 is 0 Å². The maximum absolute atomic E-state index is 12.0. The van der Waals surface area contributed by atoms with Crippen molar-refractivity contribution in [2.75, 3.05) is 0 Å². The summed E-state index contributed by atoms with van der Waals surface area (Å²) in [7, 11) is -3.37. The minimum absolute atomic E-state index is 0.123. The van der Waals surface area contributed by atoms with Gasteiger partial charge in [0.2, 0.25) is 10.0 Å². The molecule has 3 rings (SSSR count). The van der Waals surface area contributed by atoms with Gasteiger partial charge in [0.1, 0.15) is 11.9 Å². The molecular weight excluding hydrogens is 264 g/mol. The molecule has 0 unspecified atom stereocenters. The fourth-order valence-corrected chi connectivity index (χ4v) is 3.39.